The maximum absolute atomic E-state index is 9.92. The summed E-state index contributed by atoms with van der Waals surface area (Å²) in [6, 6.07) is 9.88. The Morgan fingerprint density at radius 2 is 1.92 bits per heavy atom. The Morgan fingerprint density at radius 1 is 1.31 bits per heavy atom. The molecule has 0 unspecified atom stereocenters. The molecule has 1 aromatic rings. The zero-order chi connectivity index (χ0) is 9.68. The van der Waals surface area contributed by atoms with Crippen LogP contribution in [0, 0.1) is 0 Å². The largest absolute Gasteiger partial charge is 0.387 e. The van der Waals surface area contributed by atoms with E-state index in [9.17, 15) is 5.11 Å². The van der Waals surface area contributed by atoms with Gasteiger partial charge in [0.1, 0.15) is 0 Å². The lowest BCUT2D eigenvalue weighted by atomic mass is 10.0. The van der Waals surface area contributed by atoms with Gasteiger partial charge in [0.2, 0.25) is 0 Å². The van der Waals surface area contributed by atoms with E-state index in [0.29, 0.717) is 0 Å². The van der Waals surface area contributed by atoms with Crippen LogP contribution in [0.2, 0.25) is 0 Å². The summed E-state index contributed by atoms with van der Waals surface area (Å²) in [4.78, 5) is 0. The summed E-state index contributed by atoms with van der Waals surface area (Å²) in [6.45, 7) is 2.06. The van der Waals surface area contributed by atoms with Gasteiger partial charge in [-0.05, 0) is 19.0 Å². The molecule has 0 spiro atoms. The molecular weight excluding hydrogens is 162 g/mol. The Hall–Kier alpha value is -0.860. The highest BCUT2D eigenvalue weighted by Crippen LogP contribution is 2.17. The van der Waals surface area contributed by atoms with Gasteiger partial charge in [0, 0.05) is 6.04 Å². The van der Waals surface area contributed by atoms with Crippen LogP contribution in [-0.4, -0.2) is 18.2 Å². The Morgan fingerprint density at radius 3 is 2.38 bits per heavy atom. The van der Waals surface area contributed by atoms with E-state index in [1.165, 1.54) is 0 Å². The first-order chi connectivity index (χ1) is 6.29. The van der Waals surface area contributed by atoms with Crippen LogP contribution in [-0.2, 0) is 0 Å². The molecule has 0 aliphatic heterocycles. The molecule has 0 saturated heterocycles. The molecule has 2 atom stereocenters. The maximum atomic E-state index is 9.92. The minimum atomic E-state index is -0.406. The molecule has 0 fully saturated rings. The highest BCUT2D eigenvalue weighted by molar-refractivity contribution is 5.18. The second-order valence-corrected chi connectivity index (χ2v) is 3.16. The zero-order valence-electron chi connectivity index (χ0n) is 8.20. The Balaban J connectivity index is 2.72. The molecule has 72 valence electrons. The molecule has 0 aliphatic carbocycles. The molecule has 2 nitrogen and oxygen atoms in total. The summed E-state index contributed by atoms with van der Waals surface area (Å²) in [5, 5.41) is 13.0. The molecule has 0 amide bonds. The van der Waals surface area contributed by atoms with Crippen molar-refractivity contribution in [3.8, 4) is 0 Å². The lowest BCUT2D eigenvalue weighted by Crippen LogP contribution is -2.31. The fraction of sp³-hybridized carbons (Fsp3) is 0.455. The van der Waals surface area contributed by atoms with Gasteiger partial charge in [-0.1, -0.05) is 37.3 Å². The fourth-order valence-electron chi connectivity index (χ4n) is 1.47. The van der Waals surface area contributed by atoms with E-state index in [2.05, 4.69) is 12.2 Å². The van der Waals surface area contributed by atoms with Gasteiger partial charge in [0.25, 0.3) is 0 Å². The zero-order valence-corrected chi connectivity index (χ0v) is 8.20. The predicted octanol–water partition coefficient (Wildman–Crippen LogP) is 1.72. The lowest BCUT2D eigenvalue weighted by molar-refractivity contribution is 0.130. The fourth-order valence-corrected chi connectivity index (χ4v) is 1.47. The molecule has 0 bridgehead atoms. The van der Waals surface area contributed by atoms with Gasteiger partial charge >= 0.3 is 0 Å². The summed E-state index contributed by atoms with van der Waals surface area (Å²) < 4.78 is 0. The van der Waals surface area contributed by atoms with Crippen LogP contribution in [0.3, 0.4) is 0 Å². The monoisotopic (exact) mass is 179 g/mol. The molecule has 2 heteroatoms. The third kappa shape index (κ3) is 2.54. The molecule has 0 aromatic heterocycles. The van der Waals surface area contributed by atoms with E-state index in [0.717, 1.165) is 12.0 Å². The van der Waals surface area contributed by atoms with E-state index in [1.54, 1.807) is 0 Å². The number of hydrogen-bond donors (Lipinski definition) is 2. The first-order valence-corrected chi connectivity index (χ1v) is 4.69. The SMILES string of the molecule is CC[C@H](NC)[C@H](O)c1ccccc1. The van der Waals surface area contributed by atoms with Crippen molar-refractivity contribution in [1.29, 1.82) is 0 Å². The minimum Gasteiger partial charge on any atom is -0.387 e. The van der Waals surface area contributed by atoms with Gasteiger partial charge in [-0.15, -0.1) is 0 Å². The van der Waals surface area contributed by atoms with Crippen molar-refractivity contribution in [3.63, 3.8) is 0 Å². The van der Waals surface area contributed by atoms with Crippen molar-refractivity contribution in [2.75, 3.05) is 7.05 Å². The number of aliphatic hydroxyl groups is 1. The van der Waals surface area contributed by atoms with Crippen LogP contribution in [0.5, 0.6) is 0 Å². The van der Waals surface area contributed by atoms with Crippen LogP contribution < -0.4 is 5.32 Å². The normalized spacial score (nSPS) is 15.3. The van der Waals surface area contributed by atoms with Crippen LogP contribution in [0.4, 0.5) is 0 Å². The quantitative estimate of drug-likeness (QED) is 0.737. The smallest absolute Gasteiger partial charge is 0.0942 e. The third-order valence-electron chi connectivity index (χ3n) is 2.33. The van der Waals surface area contributed by atoms with Gasteiger partial charge in [0.05, 0.1) is 6.10 Å². The van der Waals surface area contributed by atoms with Gasteiger partial charge < -0.3 is 10.4 Å². The van der Waals surface area contributed by atoms with Crippen LogP contribution in [0.25, 0.3) is 0 Å². The number of aliphatic hydroxyl groups excluding tert-OH is 1. The summed E-state index contributed by atoms with van der Waals surface area (Å²) in [7, 11) is 1.88. The Labute approximate surface area is 79.6 Å². The lowest BCUT2D eigenvalue weighted by Gasteiger charge is -2.21. The van der Waals surface area contributed by atoms with Gasteiger partial charge in [0.15, 0.2) is 0 Å². The number of likely N-dealkylation sites (N-methyl/N-ethyl adjacent to an activating group) is 1. The van der Waals surface area contributed by atoms with Gasteiger partial charge in [-0.3, -0.25) is 0 Å². The standard InChI is InChI=1S/C11H17NO/c1-3-10(12-2)11(13)9-7-5-4-6-8-9/h4-8,10-13H,3H2,1-2H3/t10-,11+/m0/s1. The van der Waals surface area contributed by atoms with Crippen molar-refractivity contribution < 1.29 is 5.11 Å². The molecule has 0 aliphatic rings. The van der Waals surface area contributed by atoms with E-state index < -0.39 is 6.10 Å². The summed E-state index contributed by atoms with van der Waals surface area (Å²) in [5.74, 6) is 0. The first-order valence-electron chi connectivity index (χ1n) is 4.69. The molecule has 0 saturated carbocycles. The average molecular weight is 179 g/mol. The molecule has 2 N–H and O–H groups in total. The topological polar surface area (TPSA) is 32.3 Å². The number of benzene rings is 1. The van der Waals surface area contributed by atoms with Crippen LogP contribution in [0.15, 0.2) is 30.3 Å². The number of hydrogen-bond acceptors (Lipinski definition) is 2. The van der Waals surface area contributed by atoms with E-state index >= 15 is 0 Å². The number of rotatable bonds is 4. The van der Waals surface area contributed by atoms with E-state index in [1.807, 2.05) is 37.4 Å². The van der Waals surface area contributed by atoms with Crippen LogP contribution >= 0.6 is 0 Å². The molecule has 0 radical (unpaired) electrons. The van der Waals surface area contributed by atoms with Crippen LogP contribution in [0.1, 0.15) is 25.0 Å². The highest BCUT2D eigenvalue weighted by Gasteiger charge is 2.16. The maximum Gasteiger partial charge on any atom is 0.0942 e. The highest BCUT2D eigenvalue weighted by atomic mass is 16.3. The number of nitrogens with one attached hydrogen (secondary N) is 1. The first kappa shape index (κ1) is 10.2. The second kappa shape index (κ2) is 5.00. The molecule has 13 heavy (non-hydrogen) atoms. The van der Waals surface area contributed by atoms with E-state index in [-0.39, 0.29) is 6.04 Å². The summed E-state index contributed by atoms with van der Waals surface area (Å²) in [6.07, 6.45) is 0.517. The van der Waals surface area contributed by atoms with E-state index in [4.69, 9.17) is 0 Å². The molecule has 1 rings (SSSR count). The minimum absolute atomic E-state index is 0.141. The molecular formula is C11H17NO. The predicted molar refractivity (Wildman–Crippen MR) is 54.5 cm³/mol. The van der Waals surface area contributed by atoms with Crippen molar-refractivity contribution in [2.45, 2.75) is 25.5 Å². The Bertz CT molecular complexity index is 231. The van der Waals surface area contributed by atoms with Crippen molar-refractivity contribution >= 4 is 0 Å². The van der Waals surface area contributed by atoms with Crippen molar-refractivity contribution in [1.82, 2.24) is 5.32 Å². The van der Waals surface area contributed by atoms with Gasteiger partial charge in [-0.25, -0.2) is 0 Å². The summed E-state index contributed by atoms with van der Waals surface area (Å²) >= 11 is 0. The Kier molecular flexibility index (Phi) is 3.93. The van der Waals surface area contributed by atoms with Crippen molar-refractivity contribution in [3.05, 3.63) is 35.9 Å². The van der Waals surface area contributed by atoms with Crippen molar-refractivity contribution in [2.24, 2.45) is 0 Å². The molecule has 0 heterocycles. The third-order valence-corrected chi connectivity index (χ3v) is 2.33. The van der Waals surface area contributed by atoms with Gasteiger partial charge in [-0.2, -0.15) is 0 Å². The second-order valence-electron chi connectivity index (χ2n) is 3.16. The molecule has 1 aromatic carbocycles. The average Bonchev–Trinajstić information content (AvgIpc) is 2.21. The summed E-state index contributed by atoms with van der Waals surface area (Å²) in [5.41, 5.74) is 0.976.